The van der Waals surface area contributed by atoms with Crippen LogP contribution in [0.2, 0.25) is 0 Å². The van der Waals surface area contributed by atoms with E-state index in [0.29, 0.717) is 32.5 Å². The van der Waals surface area contributed by atoms with Crippen molar-refractivity contribution < 1.29 is 14.7 Å². The third kappa shape index (κ3) is 8.30. The van der Waals surface area contributed by atoms with E-state index >= 15 is 0 Å². The highest BCUT2D eigenvalue weighted by atomic mass is 16.4. The van der Waals surface area contributed by atoms with Crippen molar-refractivity contribution in [2.45, 2.75) is 32.6 Å². The van der Waals surface area contributed by atoms with Crippen LogP contribution < -0.4 is 5.32 Å². The number of unbranched alkanes of at least 4 members (excludes halogenated alkanes) is 1. The molecule has 0 fully saturated rings. The van der Waals surface area contributed by atoms with Gasteiger partial charge in [-0.3, -0.25) is 4.79 Å². The number of amides is 2. The number of nitrogens with zero attached hydrogens (tertiary/aromatic N) is 1. The number of hydrogen-bond donors (Lipinski definition) is 2. The smallest absolute Gasteiger partial charge is 0.317 e. The largest absolute Gasteiger partial charge is 0.481 e. The Morgan fingerprint density at radius 1 is 1.41 bits per heavy atom. The van der Waals surface area contributed by atoms with Gasteiger partial charge in [0.15, 0.2) is 0 Å². The molecule has 0 saturated heterocycles. The molecule has 0 radical (unpaired) electrons. The molecule has 5 nitrogen and oxygen atoms in total. The van der Waals surface area contributed by atoms with Gasteiger partial charge in [0.2, 0.25) is 0 Å². The quantitative estimate of drug-likeness (QED) is 0.479. The van der Waals surface area contributed by atoms with Crippen LogP contribution in [0.4, 0.5) is 4.79 Å². The van der Waals surface area contributed by atoms with E-state index in [0.717, 1.165) is 6.42 Å². The van der Waals surface area contributed by atoms with E-state index in [1.165, 1.54) is 0 Å². The Morgan fingerprint density at radius 3 is 2.65 bits per heavy atom. The second-order valence-electron chi connectivity index (χ2n) is 3.82. The van der Waals surface area contributed by atoms with Crippen molar-refractivity contribution in [3.8, 4) is 0 Å². The molecule has 0 atom stereocenters. The molecular formula is C12H22N2O3. The van der Waals surface area contributed by atoms with Gasteiger partial charge in [0.05, 0.1) is 0 Å². The Bertz CT molecular complexity index is 254. The molecule has 0 aromatic rings. The van der Waals surface area contributed by atoms with Crippen molar-refractivity contribution in [3.63, 3.8) is 0 Å². The number of carboxylic acid groups (broad SMARTS) is 1. The Hall–Kier alpha value is -1.52. The number of carbonyl (C=O) groups excluding carboxylic acids is 1. The van der Waals surface area contributed by atoms with E-state index in [9.17, 15) is 9.59 Å². The van der Waals surface area contributed by atoms with Crippen LogP contribution in [0.1, 0.15) is 32.6 Å². The van der Waals surface area contributed by atoms with Crippen LogP contribution >= 0.6 is 0 Å². The maximum absolute atomic E-state index is 11.7. The standard InChI is InChI=1S/C12H22N2O3/c1-3-9-14(10-4-2)12(17)13-8-6-5-7-11(15)16/h3H,1,4-10H2,2H3,(H,13,17)(H,15,16). The highest BCUT2D eigenvalue weighted by molar-refractivity contribution is 5.74. The molecule has 17 heavy (non-hydrogen) atoms. The first-order chi connectivity index (χ1) is 8.11. The second-order valence-corrected chi connectivity index (χ2v) is 3.82. The van der Waals surface area contributed by atoms with Crippen LogP contribution in [-0.4, -0.2) is 41.6 Å². The zero-order chi connectivity index (χ0) is 13.1. The normalized spacial score (nSPS) is 9.71. The van der Waals surface area contributed by atoms with Gasteiger partial charge in [-0.2, -0.15) is 0 Å². The van der Waals surface area contributed by atoms with Crippen molar-refractivity contribution >= 4 is 12.0 Å². The van der Waals surface area contributed by atoms with Gasteiger partial charge < -0.3 is 15.3 Å². The minimum Gasteiger partial charge on any atom is -0.481 e. The number of urea groups is 1. The fourth-order valence-electron chi connectivity index (χ4n) is 1.41. The Kier molecular flexibility index (Phi) is 8.82. The van der Waals surface area contributed by atoms with Gasteiger partial charge >= 0.3 is 12.0 Å². The Balaban J connectivity index is 3.73. The lowest BCUT2D eigenvalue weighted by atomic mass is 10.2. The summed E-state index contributed by atoms with van der Waals surface area (Å²) in [6.07, 6.45) is 4.03. The molecule has 0 aliphatic carbocycles. The SMILES string of the molecule is C=CCN(CCC)C(=O)NCCCCC(=O)O. The fourth-order valence-corrected chi connectivity index (χ4v) is 1.41. The molecule has 0 aromatic heterocycles. The van der Waals surface area contributed by atoms with Crippen LogP contribution in [0, 0.1) is 0 Å². The summed E-state index contributed by atoms with van der Waals surface area (Å²) < 4.78 is 0. The molecular weight excluding hydrogens is 220 g/mol. The van der Waals surface area contributed by atoms with Crippen molar-refractivity contribution in [2.24, 2.45) is 0 Å². The van der Waals surface area contributed by atoms with E-state index in [4.69, 9.17) is 5.11 Å². The predicted octanol–water partition coefficient (Wildman–Crippen LogP) is 1.85. The number of carboxylic acids is 1. The molecule has 0 unspecified atom stereocenters. The summed E-state index contributed by atoms with van der Waals surface area (Å²) in [5.41, 5.74) is 0. The minimum atomic E-state index is -0.796. The zero-order valence-electron chi connectivity index (χ0n) is 10.4. The van der Waals surface area contributed by atoms with Gasteiger partial charge in [-0.25, -0.2) is 4.79 Å². The molecule has 0 aliphatic heterocycles. The van der Waals surface area contributed by atoms with Crippen LogP contribution in [-0.2, 0) is 4.79 Å². The Morgan fingerprint density at radius 2 is 2.12 bits per heavy atom. The lowest BCUT2D eigenvalue weighted by Gasteiger charge is -2.20. The number of nitrogens with one attached hydrogen (secondary N) is 1. The zero-order valence-corrected chi connectivity index (χ0v) is 10.4. The number of hydrogen-bond acceptors (Lipinski definition) is 2. The number of carbonyl (C=O) groups is 2. The molecule has 0 heterocycles. The third-order valence-corrected chi connectivity index (χ3v) is 2.22. The van der Waals surface area contributed by atoms with Gasteiger partial charge in [0, 0.05) is 26.1 Å². The third-order valence-electron chi connectivity index (χ3n) is 2.22. The highest BCUT2D eigenvalue weighted by Crippen LogP contribution is 1.96. The van der Waals surface area contributed by atoms with E-state index in [2.05, 4.69) is 11.9 Å². The van der Waals surface area contributed by atoms with E-state index in [1.54, 1.807) is 11.0 Å². The lowest BCUT2D eigenvalue weighted by molar-refractivity contribution is -0.137. The molecule has 0 aromatic carbocycles. The highest BCUT2D eigenvalue weighted by Gasteiger charge is 2.09. The van der Waals surface area contributed by atoms with Crippen LogP contribution in [0.15, 0.2) is 12.7 Å². The maximum Gasteiger partial charge on any atom is 0.317 e. The summed E-state index contributed by atoms with van der Waals surface area (Å²) >= 11 is 0. The van der Waals surface area contributed by atoms with Crippen LogP contribution in [0.25, 0.3) is 0 Å². The Labute approximate surface area is 102 Å². The molecule has 0 rings (SSSR count). The van der Waals surface area contributed by atoms with Gasteiger partial charge in [-0.05, 0) is 19.3 Å². The molecule has 2 amide bonds. The molecule has 0 bridgehead atoms. The molecule has 98 valence electrons. The lowest BCUT2D eigenvalue weighted by Crippen LogP contribution is -2.40. The summed E-state index contributed by atoms with van der Waals surface area (Å²) in [6.45, 7) is 7.37. The first kappa shape index (κ1) is 15.5. The van der Waals surface area contributed by atoms with Crippen molar-refractivity contribution in [3.05, 3.63) is 12.7 Å². The second kappa shape index (κ2) is 9.69. The number of rotatable bonds is 9. The summed E-state index contributed by atoms with van der Waals surface area (Å²) in [6, 6.07) is -0.109. The molecule has 0 aliphatic rings. The fraction of sp³-hybridized carbons (Fsp3) is 0.667. The maximum atomic E-state index is 11.7. The van der Waals surface area contributed by atoms with Crippen molar-refractivity contribution in [1.82, 2.24) is 10.2 Å². The first-order valence-electron chi connectivity index (χ1n) is 5.97. The topological polar surface area (TPSA) is 69.6 Å². The summed E-state index contributed by atoms with van der Waals surface area (Å²) in [5, 5.41) is 11.2. The number of aliphatic carboxylic acids is 1. The monoisotopic (exact) mass is 242 g/mol. The minimum absolute atomic E-state index is 0.109. The molecule has 0 spiro atoms. The van der Waals surface area contributed by atoms with Gasteiger partial charge in [0.1, 0.15) is 0 Å². The average molecular weight is 242 g/mol. The summed E-state index contributed by atoms with van der Waals surface area (Å²) in [7, 11) is 0. The van der Waals surface area contributed by atoms with Crippen LogP contribution in [0.5, 0.6) is 0 Å². The van der Waals surface area contributed by atoms with Crippen molar-refractivity contribution in [1.29, 1.82) is 0 Å². The van der Waals surface area contributed by atoms with E-state index in [-0.39, 0.29) is 12.5 Å². The summed E-state index contributed by atoms with van der Waals surface area (Å²) in [5.74, 6) is -0.796. The first-order valence-corrected chi connectivity index (χ1v) is 5.97. The van der Waals surface area contributed by atoms with Crippen LogP contribution in [0.3, 0.4) is 0 Å². The molecule has 2 N–H and O–H groups in total. The van der Waals surface area contributed by atoms with Crippen molar-refractivity contribution in [2.75, 3.05) is 19.6 Å². The summed E-state index contributed by atoms with van der Waals surface area (Å²) in [4.78, 5) is 23.6. The molecule has 5 heteroatoms. The van der Waals surface area contributed by atoms with E-state index < -0.39 is 5.97 Å². The van der Waals surface area contributed by atoms with Gasteiger partial charge in [-0.1, -0.05) is 13.0 Å². The average Bonchev–Trinajstić information content (AvgIpc) is 2.27. The molecule has 0 saturated carbocycles. The predicted molar refractivity (Wildman–Crippen MR) is 66.9 cm³/mol. The van der Waals surface area contributed by atoms with Gasteiger partial charge in [0.25, 0.3) is 0 Å². The van der Waals surface area contributed by atoms with Gasteiger partial charge in [-0.15, -0.1) is 6.58 Å². The van der Waals surface area contributed by atoms with E-state index in [1.807, 2.05) is 6.92 Å².